The maximum atomic E-state index is 12.9. The summed E-state index contributed by atoms with van der Waals surface area (Å²) in [7, 11) is 0. The molecule has 0 saturated carbocycles. The van der Waals surface area contributed by atoms with Crippen LogP contribution in [-0.4, -0.2) is 61.9 Å². The van der Waals surface area contributed by atoms with Gasteiger partial charge in [-0.15, -0.1) is 5.10 Å². The van der Waals surface area contributed by atoms with Crippen molar-refractivity contribution in [3.05, 3.63) is 65.7 Å². The summed E-state index contributed by atoms with van der Waals surface area (Å²) in [6, 6.07) is 11.8. The number of carbonyl (C=O) groups is 1. The molecule has 0 spiro atoms. The first-order valence-corrected chi connectivity index (χ1v) is 8.97. The highest BCUT2D eigenvalue weighted by Gasteiger charge is 2.27. The molecule has 0 aliphatic carbocycles. The largest absolute Gasteiger partial charge is 0.337 e. The zero-order valence-corrected chi connectivity index (χ0v) is 15.2. The summed E-state index contributed by atoms with van der Waals surface area (Å²) >= 11 is 0. The molecule has 8 heteroatoms. The topological polar surface area (TPSA) is 80.0 Å². The van der Waals surface area contributed by atoms with Crippen molar-refractivity contribution >= 4 is 11.9 Å². The molecule has 1 aliphatic rings. The van der Waals surface area contributed by atoms with E-state index in [1.54, 1.807) is 23.1 Å². The normalized spacial score (nSPS) is 14.4. The average Bonchev–Trinajstić information content (AvgIpc) is 3.09. The van der Waals surface area contributed by atoms with Crippen LogP contribution in [0.1, 0.15) is 21.7 Å². The van der Waals surface area contributed by atoms with E-state index >= 15 is 0 Å². The van der Waals surface area contributed by atoms with Gasteiger partial charge in [-0.2, -0.15) is 0 Å². The smallest absolute Gasteiger partial charge is 0.276 e. The fraction of sp³-hybridized carbons (Fsp3) is 0.316. The second-order valence-electron chi connectivity index (χ2n) is 6.49. The van der Waals surface area contributed by atoms with Crippen molar-refractivity contribution in [1.29, 1.82) is 0 Å². The lowest BCUT2D eigenvalue weighted by Crippen LogP contribution is -2.49. The first-order valence-electron chi connectivity index (χ1n) is 8.97. The number of rotatable bonds is 4. The summed E-state index contributed by atoms with van der Waals surface area (Å²) in [5.41, 5.74) is 2.34. The summed E-state index contributed by atoms with van der Waals surface area (Å²) in [5.74, 6) is 0.634. The highest BCUT2D eigenvalue weighted by molar-refractivity contribution is 5.93. The van der Waals surface area contributed by atoms with Crippen LogP contribution in [0, 0.1) is 6.92 Å². The molecule has 138 valence electrons. The van der Waals surface area contributed by atoms with Gasteiger partial charge in [-0.1, -0.05) is 35.5 Å². The van der Waals surface area contributed by atoms with Gasteiger partial charge in [0.15, 0.2) is 5.69 Å². The molecule has 1 aromatic carbocycles. The van der Waals surface area contributed by atoms with Gasteiger partial charge >= 0.3 is 0 Å². The minimum atomic E-state index is -0.0690. The van der Waals surface area contributed by atoms with Gasteiger partial charge in [0.2, 0.25) is 5.95 Å². The summed E-state index contributed by atoms with van der Waals surface area (Å²) in [4.78, 5) is 25.3. The Morgan fingerprint density at radius 2 is 1.70 bits per heavy atom. The van der Waals surface area contributed by atoms with Crippen LogP contribution in [-0.2, 0) is 6.54 Å². The van der Waals surface area contributed by atoms with E-state index in [1.165, 1.54) is 0 Å². The third-order valence-electron chi connectivity index (χ3n) is 4.76. The number of amides is 1. The molecule has 0 radical (unpaired) electrons. The number of aromatic nitrogens is 5. The van der Waals surface area contributed by atoms with E-state index in [9.17, 15) is 4.79 Å². The molecule has 8 nitrogen and oxygen atoms in total. The van der Waals surface area contributed by atoms with Crippen molar-refractivity contribution in [2.45, 2.75) is 13.5 Å². The second kappa shape index (κ2) is 7.53. The van der Waals surface area contributed by atoms with Crippen LogP contribution >= 0.6 is 0 Å². The van der Waals surface area contributed by atoms with Crippen molar-refractivity contribution < 1.29 is 4.79 Å². The molecular weight excluding hydrogens is 342 g/mol. The van der Waals surface area contributed by atoms with Crippen LogP contribution in [0.15, 0.2) is 48.8 Å². The maximum absolute atomic E-state index is 12.9. The van der Waals surface area contributed by atoms with Gasteiger partial charge in [0.1, 0.15) is 0 Å². The van der Waals surface area contributed by atoms with Crippen molar-refractivity contribution in [2.24, 2.45) is 0 Å². The van der Waals surface area contributed by atoms with Crippen LogP contribution in [0.25, 0.3) is 0 Å². The van der Waals surface area contributed by atoms with Crippen molar-refractivity contribution in [3.8, 4) is 0 Å². The highest BCUT2D eigenvalue weighted by Crippen LogP contribution is 2.14. The number of hydrogen-bond donors (Lipinski definition) is 0. The Hall–Kier alpha value is -3.29. The molecule has 3 aromatic rings. The Kier molecular flexibility index (Phi) is 4.78. The summed E-state index contributed by atoms with van der Waals surface area (Å²) in [5, 5.41) is 8.33. The Labute approximate surface area is 157 Å². The molecule has 4 rings (SSSR count). The number of hydrogen-bond acceptors (Lipinski definition) is 6. The number of nitrogens with zero attached hydrogens (tertiary/aromatic N) is 7. The fourth-order valence-electron chi connectivity index (χ4n) is 3.18. The van der Waals surface area contributed by atoms with Gasteiger partial charge in [0, 0.05) is 38.6 Å². The van der Waals surface area contributed by atoms with Gasteiger partial charge in [0.25, 0.3) is 5.91 Å². The second-order valence-corrected chi connectivity index (χ2v) is 6.49. The summed E-state index contributed by atoms with van der Waals surface area (Å²) < 4.78 is 1.77. The Balaban J connectivity index is 1.42. The summed E-state index contributed by atoms with van der Waals surface area (Å²) in [6.07, 6.45) is 3.46. The molecule has 3 heterocycles. The Morgan fingerprint density at radius 1 is 1.00 bits per heavy atom. The minimum absolute atomic E-state index is 0.0690. The van der Waals surface area contributed by atoms with Crippen LogP contribution in [0.4, 0.5) is 5.95 Å². The summed E-state index contributed by atoms with van der Waals surface area (Å²) in [6.45, 7) is 5.13. The quantitative estimate of drug-likeness (QED) is 0.697. The first kappa shape index (κ1) is 17.1. The number of carbonyl (C=O) groups excluding carboxylic acids is 1. The minimum Gasteiger partial charge on any atom is -0.337 e. The standard InChI is InChI=1S/C19H21N7O/c1-15-17(22-23-26(15)14-16-6-3-2-4-7-16)18(27)24-10-12-25(13-11-24)19-20-8-5-9-21-19/h2-9H,10-14H2,1H3. The molecule has 0 N–H and O–H groups in total. The van der Waals surface area contributed by atoms with Gasteiger partial charge in [-0.05, 0) is 18.6 Å². The molecule has 2 aromatic heterocycles. The maximum Gasteiger partial charge on any atom is 0.276 e. The van der Waals surface area contributed by atoms with E-state index in [0.717, 1.165) is 11.3 Å². The zero-order chi connectivity index (χ0) is 18.6. The molecule has 1 amide bonds. The van der Waals surface area contributed by atoms with E-state index in [-0.39, 0.29) is 5.91 Å². The van der Waals surface area contributed by atoms with E-state index in [2.05, 4.69) is 25.2 Å². The van der Waals surface area contributed by atoms with Gasteiger partial charge in [-0.3, -0.25) is 4.79 Å². The third-order valence-corrected chi connectivity index (χ3v) is 4.76. The van der Waals surface area contributed by atoms with Crippen LogP contribution in [0.5, 0.6) is 0 Å². The van der Waals surface area contributed by atoms with Crippen LogP contribution in [0.3, 0.4) is 0 Å². The van der Waals surface area contributed by atoms with E-state index in [0.29, 0.717) is 44.4 Å². The average molecular weight is 363 g/mol. The molecule has 0 unspecified atom stereocenters. The predicted octanol–water partition coefficient (Wildman–Crippen LogP) is 1.39. The Morgan fingerprint density at radius 3 is 2.41 bits per heavy atom. The van der Waals surface area contributed by atoms with Gasteiger partial charge < -0.3 is 9.80 Å². The lowest BCUT2D eigenvalue weighted by atomic mass is 10.2. The van der Waals surface area contributed by atoms with Crippen LogP contribution < -0.4 is 4.90 Å². The molecule has 1 fully saturated rings. The lowest BCUT2D eigenvalue weighted by Gasteiger charge is -2.34. The molecule has 1 aliphatic heterocycles. The first-order chi connectivity index (χ1) is 13.2. The van der Waals surface area contributed by atoms with Crippen molar-refractivity contribution in [3.63, 3.8) is 0 Å². The number of piperazine rings is 1. The molecule has 1 saturated heterocycles. The van der Waals surface area contributed by atoms with Crippen molar-refractivity contribution in [1.82, 2.24) is 29.9 Å². The van der Waals surface area contributed by atoms with E-state index in [4.69, 9.17) is 0 Å². The van der Waals surface area contributed by atoms with Crippen LogP contribution in [0.2, 0.25) is 0 Å². The number of benzene rings is 1. The van der Waals surface area contributed by atoms with Gasteiger partial charge in [-0.25, -0.2) is 14.6 Å². The third kappa shape index (κ3) is 3.64. The SMILES string of the molecule is Cc1c(C(=O)N2CCN(c3ncccn3)CC2)nnn1Cc1ccccc1. The molecular formula is C19H21N7O. The monoisotopic (exact) mass is 363 g/mol. The zero-order valence-electron chi connectivity index (χ0n) is 15.2. The number of anilines is 1. The predicted molar refractivity (Wildman–Crippen MR) is 100 cm³/mol. The lowest BCUT2D eigenvalue weighted by molar-refractivity contribution is 0.0739. The Bertz CT molecular complexity index is 902. The van der Waals surface area contributed by atoms with Gasteiger partial charge in [0.05, 0.1) is 12.2 Å². The molecule has 0 bridgehead atoms. The van der Waals surface area contributed by atoms with E-state index in [1.807, 2.05) is 42.2 Å². The molecule has 27 heavy (non-hydrogen) atoms. The van der Waals surface area contributed by atoms with E-state index < -0.39 is 0 Å². The fourth-order valence-corrected chi connectivity index (χ4v) is 3.18. The molecule has 0 atom stereocenters. The van der Waals surface area contributed by atoms with Crippen molar-refractivity contribution in [2.75, 3.05) is 31.1 Å². The highest BCUT2D eigenvalue weighted by atomic mass is 16.2.